The van der Waals surface area contributed by atoms with Crippen LogP contribution in [0.4, 0.5) is 5.82 Å². The number of aromatic nitrogens is 1. The number of anilines is 1. The molecule has 4 rings (SSSR count). The van der Waals surface area contributed by atoms with Crippen LogP contribution in [-0.4, -0.2) is 52.5 Å². The summed E-state index contributed by atoms with van der Waals surface area (Å²) in [5.74, 6) is 0.598. The summed E-state index contributed by atoms with van der Waals surface area (Å²) in [6, 6.07) is 12.1. The molecular formula is C26H28N4O3S2. The fourth-order valence-electron chi connectivity index (χ4n) is 4.40. The van der Waals surface area contributed by atoms with Crippen molar-refractivity contribution in [2.24, 2.45) is 0 Å². The zero-order chi connectivity index (χ0) is 24.9. The number of pyridine rings is 1. The number of carbonyl (C=O) groups excluding carboxylic acids is 1. The standard InChI is InChI=1S/C26H28N4O3S2/c1-3-10-29-23(28-12-14-33-15-13-28)20(18(2)21(17-27)24(29)31)16-22-25(32)30(26(34)35-22)11-9-19-7-5-4-6-8-19/h4-8,16H,3,9-15H2,1-2H3/b22-16-. The fraction of sp³-hybridized carbons (Fsp3) is 0.385. The number of morpholine rings is 1. The number of hydrogen-bond acceptors (Lipinski definition) is 7. The van der Waals surface area contributed by atoms with Gasteiger partial charge < -0.3 is 9.64 Å². The van der Waals surface area contributed by atoms with Gasteiger partial charge in [-0.1, -0.05) is 61.2 Å². The number of nitrogens with zero attached hydrogens (tertiary/aromatic N) is 4. The summed E-state index contributed by atoms with van der Waals surface area (Å²) in [6.45, 7) is 7.14. The van der Waals surface area contributed by atoms with Gasteiger partial charge in [-0.25, -0.2) is 0 Å². The molecule has 182 valence electrons. The van der Waals surface area contributed by atoms with Gasteiger partial charge in [0.1, 0.15) is 21.8 Å². The molecule has 0 atom stereocenters. The molecule has 2 saturated heterocycles. The Kier molecular flexibility index (Phi) is 8.06. The van der Waals surface area contributed by atoms with E-state index in [1.54, 1.807) is 16.4 Å². The molecule has 2 fully saturated rings. The molecule has 0 unspecified atom stereocenters. The molecule has 0 bridgehead atoms. The maximum Gasteiger partial charge on any atom is 0.270 e. The molecule has 2 aromatic rings. The fourth-order valence-corrected chi connectivity index (χ4v) is 5.69. The van der Waals surface area contributed by atoms with Crippen LogP contribution in [0.3, 0.4) is 0 Å². The lowest BCUT2D eigenvalue weighted by atomic mass is 10.0. The molecule has 2 aliphatic heterocycles. The molecule has 35 heavy (non-hydrogen) atoms. The molecule has 1 amide bonds. The number of thioether (sulfide) groups is 1. The van der Waals surface area contributed by atoms with Crippen molar-refractivity contribution in [1.29, 1.82) is 5.26 Å². The second kappa shape index (κ2) is 11.2. The van der Waals surface area contributed by atoms with Gasteiger partial charge in [0.25, 0.3) is 11.5 Å². The second-order valence-corrected chi connectivity index (χ2v) is 10.2. The van der Waals surface area contributed by atoms with Crippen molar-refractivity contribution in [3.63, 3.8) is 0 Å². The molecule has 7 nitrogen and oxygen atoms in total. The molecule has 9 heteroatoms. The highest BCUT2D eigenvalue weighted by molar-refractivity contribution is 8.26. The number of amides is 1. The van der Waals surface area contributed by atoms with Crippen LogP contribution in [0.1, 0.15) is 35.6 Å². The van der Waals surface area contributed by atoms with Gasteiger partial charge in [-0.2, -0.15) is 5.26 Å². The van der Waals surface area contributed by atoms with Gasteiger partial charge >= 0.3 is 0 Å². The van der Waals surface area contributed by atoms with Crippen LogP contribution in [0, 0.1) is 18.3 Å². The van der Waals surface area contributed by atoms with Crippen LogP contribution in [-0.2, 0) is 22.5 Å². The van der Waals surface area contributed by atoms with E-state index in [1.807, 2.05) is 43.3 Å². The van der Waals surface area contributed by atoms with Gasteiger partial charge in [0.2, 0.25) is 0 Å². The smallest absolute Gasteiger partial charge is 0.270 e. The van der Waals surface area contributed by atoms with Crippen molar-refractivity contribution in [3.8, 4) is 6.07 Å². The molecule has 0 N–H and O–H groups in total. The first-order valence-corrected chi connectivity index (χ1v) is 13.0. The van der Waals surface area contributed by atoms with Crippen LogP contribution >= 0.6 is 24.0 Å². The van der Waals surface area contributed by atoms with Crippen molar-refractivity contribution < 1.29 is 9.53 Å². The van der Waals surface area contributed by atoms with Crippen molar-refractivity contribution in [1.82, 2.24) is 9.47 Å². The predicted molar refractivity (Wildman–Crippen MR) is 144 cm³/mol. The Morgan fingerprint density at radius 2 is 1.89 bits per heavy atom. The minimum absolute atomic E-state index is 0.112. The normalized spacial score (nSPS) is 17.3. The van der Waals surface area contributed by atoms with Crippen molar-refractivity contribution in [2.75, 3.05) is 37.7 Å². The number of ether oxygens (including phenoxy) is 1. The molecule has 0 saturated carbocycles. The molecule has 1 aromatic heterocycles. The summed E-state index contributed by atoms with van der Waals surface area (Å²) in [6.07, 6.45) is 3.26. The van der Waals surface area contributed by atoms with Gasteiger partial charge in [0.05, 0.1) is 18.1 Å². The van der Waals surface area contributed by atoms with E-state index in [1.165, 1.54) is 11.8 Å². The third-order valence-electron chi connectivity index (χ3n) is 6.22. The van der Waals surface area contributed by atoms with Crippen molar-refractivity contribution in [3.05, 3.63) is 67.8 Å². The first-order chi connectivity index (χ1) is 17.0. The van der Waals surface area contributed by atoms with Crippen LogP contribution in [0.25, 0.3) is 6.08 Å². The minimum Gasteiger partial charge on any atom is -0.378 e. The van der Waals surface area contributed by atoms with E-state index >= 15 is 0 Å². The molecule has 0 radical (unpaired) electrons. The summed E-state index contributed by atoms with van der Waals surface area (Å²) in [5.41, 5.74) is 2.27. The Bertz CT molecular complexity index is 1260. The summed E-state index contributed by atoms with van der Waals surface area (Å²) >= 11 is 6.81. The third-order valence-corrected chi connectivity index (χ3v) is 7.60. The molecule has 1 aromatic carbocycles. The monoisotopic (exact) mass is 508 g/mol. The average molecular weight is 509 g/mol. The highest BCUT2D eigenvalue weighted by Gasteiger charge is 2.33. The quantitative estimate of drug-likeness (QED) is 0.417. The summed E-state index contributed by atoms with van der Waals surface area (Å²) in [4.78, 5) is 30.8. The van der Waals surface area contributed by atoms with Crippen molar-refractivity contribution >= 4 is 46.1 Å². The van der Waals surface area contributed by atoms with E-state index in [9.17, 15) is 14.9 Å². The minimum atomic E-state index is -0.291. The summed E-state index contributed by atoms with van der Waals surface area (Å²) in [7, 11) is 0. The summed E-state index contributed by atoms with van der Waals surface area (Å²) < 4.78 is 7.73. The Balaban J connectivity index is 1.75. The van der Waals surface area contributed by atoms with Crippen LogP contribution in [0.5, 0.6) is 0 Å². The van der Waals surface area contributed by atoms with Gasteiger partial charge in [0.15, 0.2) is 0 Å². The van der Waals surface area contributed by atoms with Gasteiger partial charge in [-0.05, 0) is 37.0 Å². The van der Waals surface area contributed by atoms with E-state index in [-0.39, 0.29) is 17.0 Å². The first kappa shape index (κ1) is 25.2. The van der Waals surface area contributed by atoms with E-state index in [0.717, 1.165) is 23.4 Å². The molecular weight excluding hydrogens is 480 g/mol. The molecule has 0 spiro atoms. The number of benzene rings is 1. The zero-order valence-corrected chi connectivity index (χ0v) is 21.6. The number of nitriles is 1. The first-order valence-electron chi connectivity index (χ1n) is 11.8. The van der Waals surface area contributed by atoms with Crippen LogP contribution in [0.15, 0.2) is 40.0 Å². The topological polar surface area (TPSA) is 78.6 Å². The van der Waals surface area contributed by atoms with E-state index < -0.39 is 0 Å². The highest BCUT2D eigenvalue weighted by Crippen LogP contribution is 2.36. The Labute approximate surface area is 215 Å². The number of carbonyl (C=O) groups is 1. The SMILES string of the molecule is CCCn1c(N2CCOCC2)c(/C=C2\SC(=S)N(CCc3ccccc3)C2=O)c(C)c(C#N)c1=O. The molecule has 0 aliphatic carbocycles. The largest absolute Gasteiger partial charge is 0.378 e. The number of rotatable bonds is 7. The summed E-state index contributed by atoms with van der Waals surface area (Å²) in [5, 5.41) is 9.77. The van der Waals surface area contributed by atoms with Gasteiger partial charge in [-0.3, -0.25) is 19.1 Å². The zero-order valence-electron chi connectivity index (χ0n) is 20.0. The van der Waals surface area contributed by atoms with E-state index in [4.69, 9.17) is 17.0 Å². The van der Waals surface area contributed by atoms with E-state index in [2.05, 4.69) is 11.0 Å². The molecule has 2 aliphatic rings. The Hall–Kier alpha value is -2.93. The third kappa shape index (κ3) is 5.20. The predicted octanol–water partition coefficient (Wildman–Crippen LogP) is 3.72. The lowest BCUT2D eigenvalue weighted by Gasteiger charge is -2.33. The van der Waals surface area contributed by atoms with Gasteiger partial charge in [-0.15, -0.1) is 0 Å². The highest BCUT2D eigenvalue weighted by atomic mass is 32.2. The Morgan fingerprint density at radius 3 is 2.54 bits per heavy atom. The van der Waals surface area contributed by atoms with Crippen LogP contribution in [0.2, 0.25) is 0 Å². The van der Waals surface area contributed by atoms with E-state index in [0.29, 0.717) is 60.6 Å². The molecule has 3 heterocycles. The van der Waals surface area contributed by atoms with Gasteiger partial charge in [0, 0.05) is 31.7 Å². The second-order valence-electron chi connectivity index (χ2n) is 8.47. The lowest BCUT2D eigenvalue weighted by Crippen LogP contribution is -2.41. The lowest BCUT2D eigenvalue weighted by molar-refractivity contribution is -0.122. The Morgan fingerprint density at radius 1 is 1.17 bits per heavy atom. The van der Waals surface area contributed by atoms with Crippen molar-refractivity contribution in [2.45, 2.75) is 33.2 Å². The maximum atomic E-state index is 13.4. The number of hydrogen-bond donors (Lipinski definition) is 0. The number of thiocarbonyl (C=S) groups is 1. The average Bonchev–Trinajstić information content (AvgIpc) is 3.14. The maximum absolute atomic E-state index is 13.4. The van der Waals surface area contributed by atoms with Crippen LogP contribution < -0.4 is 10.5 Å².